The third-order valence-electron chi connectivity index (χ3n) is 5.66. The van der Waals surface area contributed by atoms with E-state index in [9.17, 15) is 18.8 Å². The van der Waals surface area contributed by atoms with Crippen LogP contribution in [0.3, 0.4) is 0 Å². The van der Waals surface area contributed by atoms with Gasteiger partial charge < -0.3 is 9.88 Å². The average molecular weight is 456 g/mol. The van der Waals surface area contributed by atoms with Gasteiger partial charge in [0.05, 0.1) is 10.6 Å². The topological polar surface area (TPSA) is 81.1 Å². The molecule has 3 aromatic rings. The summed E-state index contributed by atoms with van der Waals surface area (Å²) in [7, 11) is 1.67. The highest BCUT2D eigenvalue weighted by Gasteiger charge is 2.33. The molecule has 1 aromatic carbocycles. The third kappa shape index (κ3) is 4.41. The molecular formula is C24H26FN3O3S. The van der Waals surface area contributed by atoms with Gasteiger partial charge in [-0.3, -0.25) is 14.4 Å². The van der Waals surface area contributed by atoms with Crippen LogP contribution in [0.15, 0.2) is 29.8 Å². The first-order chi connectivity index (χ1) is 14.9. The van der Waals surface area contributed by atoms with Crippen molar-refractivity contribution in [2.75, 3.05) is 5.32 Å². The number of ketones is 2. The molecule has 0 aliphatic heterocycles. The Hall–Kier alpha value is -3.13. The molecule has 0 atom stereocenters. The quantitative estimate of drug-likeness (QED) is 0.405. The van der Waals surface area contributed by atoms with Gasteiger partial charge in [0.2, 0.25) is 11.6 Å². The number of nitrogens with zero attached hydrogens (tertiary/aromatic N) is 2. The molecule has 0 aliphatic carbocycles. The molecule has 0 aliphatic rings. The van der Waals surface area contributed by atoms with Crippen LogP contribution in [-0.2, 0) is 17.3 Å². The monoisotopic (exact) mass is 455 g/mol. The van der Waals surface area contributed by atoms with Crippen LogP contribution < -0.4 is 5.32 Å². The van der Waals surface area contributed by atoms with Crippen molar-refractivity contribution in [1.82, 2.24) is 9.55 Å². The van der Waals surface area contributed by atoms with Crippen molar-refractivity contribution in [3.05, 3.63) is 68.7 Å². The molecule has 0 fully saturated rings. The Morgan fingerprint density at radius 3 is 2.47 bits per heavy atom. The third-order valence-corrected chi connectivity index (χ3v) is 6.79. The van der Waals surface area contributed by atoms with Crippen molar-refractivity contribution in [2.45, 2.75) is 46.5 Å². The first-order valence-electron chi connectivity index (χ1n) is 10.1. The second-order valence-electron chi connectivity index (χ2n) is 8.56. The van der Waals surface area contributed by atoms with E-state index < -0.39 is 22.9 Å². The number of aromatic nitrogens is 2. The van der Waals surface area contributed by atoms with Gasteiger partial charge >= 0.3 is 0 Å². The highest BCUT2D eigenvalue weighted by atomic mass is 32.1. The predicted octanol–water partition coefficient (Wildman–Crippen LogP) is 4.92. The fourth-order valence-corrected chi connectivity index (χ4v) is 4.56. The molecule has 1 amide bonds. The molecule has 2 heterocycles. The lowest BCUT2D eigenvalue weighted by molar-refractivity contribution is -0.116. The Labute approximate surface area is 190 Å². The van der Waals surface area contributed by atoms with Gasteiger partial charge in [0.25, 0.3) is 5.91 Å². The normalized spacial score (nSPS) is 11.5. The standard InChI is InChI=1S/C24H26FN3O3S/c1-13-11-16(7-8-17(13)25)27-22(31)20-14(2)19(15(3)28(20)6)21(30)18(29)12-24(4,5)23-26-9-10-32-23/h7-11H,12H2,1-6H3,(H,27,31). The molecule has 0 spiro atoms. The van der Waals surface area contributed by atoms with Crippen LogP contribution in [0.1, 0.15) is 62.9 Å². The lowest BCUT2D eigenvalue weighted by Gasteiger charge is -2.20. The fraction of sp³-hybridized carbons (Fsp3) is 0.333. The summed E-state index contributed by atoms with van der Waals surface area (Å²) in [5.74, 6) is -1.94. The van der Waals surface area contributed by atoms with Crippen LogP contribution in [0.5, 0.6) is 0 Å². The van der Waals surface area contributed by atoms with Crippen molar-refractivity contribution in [3.63, 3.8) is 0 Å². The van der Waals surface area contributed by atoms with Gasteiger partial charge in [0.15, 0.2) is 0 Å². The molecule has 0 saturated heterocycles. The van der Waals surface area contributed by atoms with Crippen molar-refractivity contribution >= 4 is 34.5 Å². The molecule has 0 bridgehead atoms. The number of anilines is 1. The second kappa shape index (κ2) is 8.78. The van der Waals surface area contributed by atoms with Crippen molar-refractivity contribution in [1.29, 1.82) is 0 Å². The number of amides is 1. The number of benzene rings is 1. The van der Waals surface area contributed by atoms with E-state index in [1.807, 2.05) is 19.2 Å². The Morgan fingerprint density at radius 2 is 1.88 bits per heavy atom. The number of aryl methyl sites for hydroxylation is 1. The van der Waals surface area contributed by atoms with E-state index in [0.717, 1.165) is 5.01 Å². The number of nitrogens with one attached hydrogen (secondary N) is 1. The van der Waals surface area contributed by atoms with E-state index in [1.54, 1.807) is 38.6 Å². The van der Waals surface area contributed by atoms with Gasteiger partial charge in [-0.2, -0.15) is 0 Å². The minimum Gasteiger partial charge on any atom is -0.343 e. The number of rotatable bonds is 7. The van der Waals surface area contributed by atoms with Gasteiger partial charge in [-0.1, -0.05) is 13.8 Å². The Bertz CT molecular complexity index is 1210. The van der Waals surface area contributed by atoms with Gasteiger partial charge in [0.1, 0.15) is 11.5 Å². The first-order valence-corrected chi connectivity index (χ1v) is 11.0. The number of hydrogen-bond donors (Lipinski definition) is 1. The SMILES string of the molecule is Cc1cc(NC(=O)c2c(C)c(C(=O)C(=O)CC(C)(C)c3nccs3)c(C)n2C)ccc1F. The molecule has 8 heteroatoms. The summed E-state index contributed by atoms with van der Waals surface area (Å²) < 4.78 is 15.1. The second-order valence-corrected chi connectivity index (χ2v) is 9.46. The maximum Gasteiger partial charge on any atom is 0.272 e. The molecule has 0 radical (unpaired) electrons. The van der Waals surface area contributed by atoms with Crippen LogP contribution in [-0.4, -0.2) is 27.0 Å². The van der Waals surface area contributed by atoms with E-state index in [1.165, 1.54) is 29.5 Å². The Morgan fingerprint density at radius 1 is 1.19 bits per heavy atom. The zero-order valence-corrected chi connectivity index (χ0v) is 19.8. The van der Waals surface area contributed by atoms with E-state index in [0.29, 0.717) is 22.5 Å². The number of carbonyl (C=O) groups excluding carboxylic acids is 3. The number of Topliss-reactive ketones (excluding diaryl/α,β-unsaturated/α-hetero) is 2. The van der Waals surface area contributed by atoms with Crippen molar-refractivity contribution < 1.29 is 18.8 Å². The van der Waals surface area contributed by atoms with E-state index in [2.05, 4.69) is 10.3 Å². The average Bonchev–Trinajstić information content (AvgIpc) is 3.32. The van der Waals surface area contributed by atoms with Crippen molar-refractivity contribution in [2.24, 2.45) is 7.05 Å². The lowest BCUT2D eigenvalue weighted by Crippen LogP contribution is -2.27. The lowest BCUT2D eigenvalue weighted by atomic mass is 9.85. The summed E-state index contributed by atoms with van der Waals surface area (Å²) in [6.07, 6.45) is 1.69. The van der Waals surface area contributed by atoms with Gasteiger partial charge in [0, 0.05) is 41.8 Å². The summed E-state index contributed by atoms with van der Waals surface area (Å²) in [4.78, 5) is 43.2. The molecule has 1 N–H and O–H groups in total. The molecule has 168 valence electrons. The zero-order valence-electron chi connectivity index (χ0n) is 19.0. The van der Waals surface area contributed by atoms with Crippen LogP contribution in [0, 0.1) is 26.6 Å². The summed E-state index contributed by atoms with van der Waals surface area (Å²) in [5, 5.41) is 5.37. The van der Waals surface area contributed by atoms with Gasteiger partial charge in [-0.05, 0) is 50.1 Å². The zero-order chi connectivity index (χ0) is 23.8. The van der Waals surface area contributed by atoms with E-state index in [4.69, 9.17) is 0 Å². The smallest absolute Gasteiger partial charge is 0.272 e. The maximum absolute atomic E-state index is 13.5. The first kappa shape index (κ1) is 23.5. The van der Waals surface area contributed by atoms with Gasteiger partial charge in [-0.25, -0.2) is 9.37 Å². The summed E-state index contributed by atoms with van der Waals surface area (Å²) in [6, 6.07) is 4.29. The van der Waals surface area contributed by atoms with E-state index >= 15 is 0 Å². The van der Waals surface area contributed by atoms with Crippen molar-refractivity contribution in [3.8, 4) is 0 Å². The predicted molar refractivity (Wildman–Crippen MR) is 123 cm³/mol. The summed E-state index contributed by atoms with van der Waals surface area (Å²) in [5.41, 5.74) is 1.78. The molecule has 6 nitrogen and oxygen atoms in total. The number of halogens is 1. The highest BCUT2D eigenvalue weighted by Crippen LogP contribution is 2.30. The Balaban J connectivity index is 1.87. The van der Waals surface area contributed by atoms with Gasteiger partial charge in [-0.15, -0.1) is 11.3 Å². The summed E-state index contributed by atoms with van der Waals surface area (Å²) >= 11 is 1.44. The molecular weight excluding hydrogens is 429 g/mol. The number of hydrogen-bond acceptors (Lipinski definition) is 5. The minimum absolute atomic E-state index is 0.0174. The molecule has 3 rings (SSSR count). The minimum atomic E-state index is -0.614. The molecule has 0 saturated carbocycles. The van der Waals surface area contributed by atoms with E-state index in [-0.39, 0.29) is 23.5 Å². The van der Waals surface area contributed by atoms with Crippen LogP contribution in [0.4, 0.5) is 10.1 Å². The number of thiazole rings is 1. The molecule has 2 aromatic heterocycles. The highest BCUT2D eigenvalue weighted by molar-refractivity contribution is 7.09. The molecule has 32 heavy (non-hydrogen) atoms. The Kier molecular flexibility index (Phi) is 6.46. The largest absolute Gasteiger partial charge is 0.343 e. The fourth-order valence-electron chi connectivity index (χ4n) is 3.80. The van der Waals surface area contributed by atoms with Crippen LogP contribution >= 0.6 is 11.3 Å². The summed E-state index contributed by atoms with van der Waals surface area (Å²) in [6.45, 7) is 8.73. The number of carbonyl (C=O) groups is 3. The molecule has 0 unspecified atom stereocenters. The van der Waals surface area contributed by atoms with Crippen LogP contribution in [0.25, 0.3) is 0 Å². The van der Waals surface area contributed by atoms with Crippen LogP contribution in [0.2, 0.25) is 0 Å². The maximum atomic E-state index is 13.5.